The van der Waals surface area contributed by atoms with Crippen LogP contribution in [0.5, 0.6) is 11.5 Å². The Morgan fingerprint density at radius 3 is 2.53 bits per heavy atom. The fourth-order valence-corrected chi connectivity index (χ4v) is 1.62. The number of amides is 1. The molecule has 6 heteroatoms. The van der Waals surface area contributed by atoms with E-state index in [0.717, 1.165) is 0 Å². The first kappa shape index (κ1) is 13.2. The molecule has 1 N–H and O–H groups in total. The maximum Gasteiger partial charge on any atom is 0.329 e. The number of rotatable bonds is 3. The number of carboxylic acid groups (broad SMARTS) is 1. The topological polar surface area (TPSA) is 76.1 Å². The van der Waals surface area contributed by atoms with Crippen molar-refractivity contribution in [3.8, 4) is 11.5 Å². The number of benzene rings is 1. The highest BCUT2D eigenvalue weighted by Gasteiger charge is 2.35. The van der Waals surface area contributed by atoms with Gasteiger partial charge in [-0.25, -0.2) is 4.79 Å². The lowest BCUT2D eigenvalue weighted by Crippen LogP contribution is -2.50. The summed E-state index contributed by atoms with van der Waals surface area (Å²) in [6.45, 7) is 3.07. The van der Waals surface area contributed by atoms with Crippen LogP contribution in [-0.4, -0.2) is 41.3 Å². The molecule has 1 heterocycles. The number of hydrogen-bond acceptors (Lipinski definition) is 4. The third-order valence-corrected chi connectivity index (χ3v) is 3.29. The van der Waals surface area contributed by atoms with Gasteiger partial charge in [0.15, 0.2) is 11.5 Å². The molecule has 0 aromatic heterocycles. The fourth-order valence-electron chi connectivity index (χ4n) is 1.62. The average molecular weight is 265 g/mol. The highest BCUT2D eigenvalue weighted by Crippen LogP contribution is 2.33. The largest absolute Gasteiger partial charge is 0.480 e. The molecule has 0 saturated carbocycles. The van der Waals surface area contributed by atoms with E-state index in [1.165, 1.54) is 25.8 Å². The molecular weight excluding hydrogens is 250 g/mol. The summed E-state index contributed by atoms with van der Waals surface area (Å²) < 4.78 is 10.4. The number of nitrogens with zero attached hydrogens (tertiary/aromatic N) is 1. The zero-order valence-electron chi connectivity index (χ0n) is 11.0. The van der Waals surface area contributed by atoms with Gasteiger partial charge in [0.1, 0.15) is 5.54 Å². The monoisotopic (exact) mass is 265 g/mol. The van der Waals surface area contributed by atoms with Crippen molar-refractivity contribution in [2.24, 2.45) is 0 Å². The van der Waals surface area contributed by atoms with Crippen LogP contribution in [0.4, 0.5) is 0 Å². The van der Waals surface area contributed by atoms with Gasteiger partial charge >= 0.3 is 5.97 Å². The first-order valence-electron chi connectivity index (χ1n) is 5.75. The van der Waals surface area contributed by atoms with Crippen LogP contribution in [0.1, 0.15) is 24.2 Å². The summed E-state index contributed by atoms with van der Waals surface area (Å²) in [5.74, 6) is -0.376. The van der Waals surface area contributed by atoms with Crippen LogP contribution in [0.25, 0.3) is 0 Å². The van der Waals surface area contributed by atoms with Crippen LogP contribution in [0, 0.1) is 0 Å². The first-order valence-corrected chi connectivity index (χ1v) is 5.75. The van der Waals surface area contributed by atoms with Crippen molar-refractivity contribution in [1.82, 2.24) is 4.90 Å². The molecule has 0 unspecified atom stereocenters. The maximum atomic E-state index is 12.3. The molecule has 0 bridgehead atoms. The minimum atomic E-state index is -1.28. The summed E-state index contributed by atoms with van der Waals surface area (Å²) in [5.41, 5.74) is -0.922. The van der Waals surface area contributed by atoms with Gasteiger partial charge < -0.3 is 19.5 Å². The minimum Gasteiger partial charge on any atom is -0.480 e. The number of carbonyl (C=O) groups excluding carboxylic acids is 1. The second-order valence-electron chi connectivity index (χ2n) is 4.80. The SMILES string of the molecule is CN(C(=O)c1ccc2c(c1)OCO2)C(C)(C)C(=O)O. The molecule has 1 aliphatic rings. The zero-order chi connectivity index (χ0) is 14.2. The molecule has 0 saturated heterocycles. The third kappa shape index (κ3) is 2.21. The Bertz CT molecular complexity index is 538. The van der Waals surface area contributed by atoms with Crippen molar-refractivity contribution in [1.29, 1.82) is 0 Å². The van der Waals surface area contributed by atoms with Crippen molar-refractivity contribution in [2.75, 3.05) is 13.8 Å². The van der Waals surface area contributed by atoms with Crippen LogP contribution >= 0.6 is 0 Å². The Hall–Kier alpha value is -2.24. The summed E-state index contributed by atoms with van der Waals surface area (Å²) >= 11 is 0. The number of carboxylic acids is 1. The van der Waals surface area contributed by atoms with Gasteiger partial charge in [-0.05, 0) is 32.0 Å². The quantitative estimate of drug-likeness (QED) is 0.892. The van der Waals surface area contributed by atoms with Crippen LogP contribution < -0.4 is 9.47 Å². The van der Waals surface area contributed by atoms with Gasteiger partial charge in [0.25, 0.3) is 5.91 Å². The number of carbonyl (C=O) groups is 2. The lowest BCUT2D eigenvalue weighted by molar-refractivity contribution is -0.147. The second-order valence-corrected chi connectivity index (χ2v) is 4.80. The molecule has 102 valence electrons. The molecule has 0 fully saturated rings. The summed E-state index contributed by atoms with van der Waals surface area (Å²) in [6, 6.07) is 4.78. The lowest BCUT2D eigenvalue weighted by atomic mass is 10.0. The number of ether oxygens (including phenoxy) is 2. The highest BCUT2D eigenvalue weighted by molar-refractivity contribution is 5.98. The van der Waals surface area contributed by atoms with Crippen LogP contribution in [-0.2, 0) is 4.79 Å². The number of fused-ring (bicyclic) bond motifs is 1. The molecule has 0 spiro atoms. The van der Waals surface area contributed by atoms with Crippen molar-refractivity contribution in [3.63, 3.8) is 0 Å². The molecule has 1 aromatic carbocycles. The molecule has 1 aliphatic heterocycles. The molecule has 1 aromatic rings. The van der Waals surface area contributed by atoms with E-state index < -0.39 is 11.5 Å². The van der Waals surface area contributed by atoms with Crippen LogP contribution in [0.15, 0.2) is 18.2 Å². The molecule has 6 nitrogen and oxygen atoms in total. The van der Waals surface area contributed by atoms with Crippen molar-refractivity contribution >= 4 is 11.9 Å². The van der Waals surface area contributed by atoms with E-state index >= 15 is 0 Å². The smallest absolute Gasteiger partial charge is 0.329 e. The van der Waals surface area contributed by atoms with Gasteiger partial charge in [-0.15, -0.1) is 0 Å². The van der Waals surface area contributed by atoms with E-state index in [4.69, 9.17) is 14.6 Å². The predicted molar refractivity (Wildman–Crippen MR) is 66.4 cm³/mol. The summed E-state index contributed by atoms with van der Waals surface area (Å²) in [5, 5.41) is 9.12. The number of likely N-dealkylation sites (N-methyl/N-ethyl adjacent to an activating group) is 1. The molecule has 1 amide bonds. The minimum absolute atomic E-state index is 0.128. The van der Waals surface area contributed by atoms with Crippen LogP contribution in [0.2, 0.25) is 0 Å². The Morgan fingerprint density at radius 1 is 1.26 bits per heavy atom. The lowest BCUT2D eigenvalue weighted by Gasteiger charge is -2.31. The Balaban J connectivity index is 2.27. The van der Waals surface area contributed by atoms with Crippen molar-refractivity contribution in [3.05, 3.63) is 23.8 Å². The van der Waals surface area contributed by atoms with E-state index in [9.17, 15) is 9.59 Å². The molecule has 0 atom stereocenters. The fraction of sp³-hybridized carbons (Fsp3) is 0.385. The summed E-state index contributed by atoms with van der Waals surface area (Å²) in [4.78, 5) is 24.6. The Labute approximate surface area is 110 Å². The number of hydrogen-bond donors (Lipinski definition) is 1. The number of aliphatic carboxylic acids is 1. The van der Waals surface area contributed by atoms with E-state index in [-0.39, 0.29) is 12.7 Å². The zero-order valence-corrected chi connectivity index (χ0v) is 11.0. The van der Waals surface area contributed by atoms with Gasteiger partial charge in [-0.3, -0.25) is 4.79 Å². The normalized spacial score (nSPS) is 13.2. The molecule has 0 aliphatic carbocycles. The van der Waals surface area contributed by atoms with E-state index in [1.807, 2.05) is 0 Å². The van der Waals surface area contributed by atoms with E-state index in [2.05, 4.69) is 0 Å². The predicted octanol–water partition coefficient (Wildman–Crippen LogP) is 1.35. The van der Waals surface area contributed by atoms with Gasteiger partial charge in [0.2, 0.25) is 6.79 Å². The highest BCUT2D eigenvalue weighted by atomic mass is 16.7. The Kier molecular flexibility index (Phi) is 3.09. The van der Waals surface area contributed by atoms with Crippen LogP contribution in [0.3, 0.4) is 0 Å². The molecule has 0 radical (unpaired) electrons. The Morgan fingerprint density at radius 2 is 1.89 bits per heavy atom. The molecular formula is C13H15NO5. The average Bonchev–Trinajstić information content (AvgIpc) is 2.83. The first-order chi connectivity index (χ1) is 8.84. The van der Waals surface area contributed by atoms with E-state index in [0.29, 0.717) is 17.1 Å². The van der Waals surface area contributed by atoms with Crippen molar-refractivity contribution < 1.29 is 24.2 Å². The van der Waals surface area contributed by atoms with Crippen molar-refractivity contribution in [2.45, 2.75) is 19.4 Å². The summed E-state index contributed by atoms with van der Waals surface area (Å²) in [7, 11) is 1.46. The van der Waals surface area contributed by atoms with Gasteiger partial charge in [0.05, 0.1) is 0 Å². The summed E-state index contributed by atoms with van der Waals surface area (Å²) in [6.07, 6.45) is 0. The van der Waals surface area contributed by atoms with Gasteiger partial charge in [-0.2, -0.15) is 0 Å². The standard InChI is InChI=1S/C13H15NO5/c1-13(2,12(16)17)14(3)11(15)8-4-5-9-10(6-8)19-7-18-9/h4-6H,7H2,1-3H3,(H,16,17). The molecule has 19 heavy (non-hydrogen) atoms. The molecule has 2 rings (SSSR count). The maximum absolute atomic E-state index is 12.3. The van der Waals surface area contributed by atoms with Gasteiger partial charge in [-0.1, -0.05) is 0 Å². The third-order valence-electron chi connectivity index (χ3n) is 3.29. The second kappa shape index (κ2) is 4.46. The van der Waals surface area contributed by atoms with Gasteiger partial charge in [0, 0.05) is 12.6 Å². The van der Waals surface area contributed by atoms with E-state index in [1.54, 1.807) is 18.2 Å².